The Morgan fingerprint density at radius 3 is 2.60 bits per heavy atom. The number of para-hydroxylation sites is 1. The number of nitrogens with one attached hydrogen (secondary N) is 1. The van der Waals surface area contributed by atoms with E-state index in [4.69, 9.17) is 5.11 Å². The molecule has 2 aromatic carbocycles. The van der Waals surface area contributed by atoms with Gasteiger partial charge in [-0.3, -0.25) is 4.79 Å². The zero-order chi connectivity index (χ0) is 17.6. The van der Waals surface area contributed by atoms with Gasteiger partial charge in [-0.25, -0.2) is 10.1 Å². The fraction of sp³-hybridized carbons (Fsp3) is 0.105. The lowest BCUT2D eigenvalue weighted by molar-refractivity contribution is -0.123. The number of aliphatic hydroxyl groups is 1. The van der Waals surface area contributed by atoms with Crippen LogP contribution in [0.5, 0.6) is 0 Å². The molecule has 0 unspecified atom stereocenters. The lowest BCUT2D eigenvalue weighted by atomic mass is 10.1. The zero-order valence-electron chi connectivity index (χ0n) is 13.8. The topological polar surface area (TPSA) is 79.5 Å². The van der Waals surface area contributed by atoms with Gasteiger partial charge in [0.05, 0.1) is 11.9 Å². The van der Waals surface area contributed by atoms with Crippen LogP contribution in [-0.2, 0) is 4.79 Å². The van der Waals surface area contributed by atoms with E-state index >= 15 is 0 Å². The van der Waals surface area contributed by atoms with E-state index < -0.39 is 12.5 Å². The predicted molar refractivity (Wildman–Crippen MR) is 96.6 cm³/mol. The molecule has 3 aromatic rings. The minimum atomic E-state index is -0.606. The molecular formula is C19H18N4O2. The molecule has 0 spiro atoms. The number of carbonyl (C=O) groups excluding carboxylic acids is 1. The van der Waals surface area contributed by atoms with Gasteiger partial charge in [-0.05, 0) is 19.1 Å². The Balaban J connectivity index is 2.00. The van der Waals surface area contributed by atoms with E-state index in [-0.39, 0.29) is 0 Å². The molecule has 0 saturated carbocycles. The highest BCUT2D eigenvalue weighted by atomic mass is 16.3. The molecule has 0 saturated heterocycles. The molecule has 126 valence electrons. The first-order chi connectivity index (χ1) is 12.2. The van der Waals surface area contributed by atoms with Crippen molar-refractivity contribution in [3.8, 4) is 16.9 Å². The number of aromatic nitrogens is 2. The molecule has 0 aliphatic carbocycles. The first kappa shape index (κ1) is 16.6. The van der Waals surface area contributed by atoms with Crippen molar-refractivity contribution in [3.63, 3.8) is 0 Å². The molecule has 0 radical (unpaired) electrons. The molecule has 0 atom stereocenters. The first-order valence-electron chi connectivity index (χ1n) is 7.82. The number of nitrogens with zero attached hydrogens (tertiary/aromatic N) is 3. The van der Waals surface area contributed by atoms with Gasteiger partial charge in [-0.15, -0.1) is 0 Å². The Bertz CT molecular complexity index is 884. The summed E-state index contributed by atoms with van der Waals surface area (Å²) < 4.78 is 1.77. The molecule has 2 N–H and O–H groups in total. The van der Waals surface area contributed by atoms with Gasteiger partial charge >= 0.3 is 0 Å². The standard InChI is InChI=1S/C19H18N4O2/c1-14-7-9-15(10-8-14)19-16(11-20-21-18(25)13-24)12-23(22-19)17-5-3-2-4-6-17/h2-12,24H,13H2,1H3,(H,21,25)/b20-11-. The number of hydrogen-bond acceptors (Lipinski definition) is 4. The fourth-order valence-corrected chi connectivity index (χ4v) is 2.34. The third kappa shape index (κ3) is 3.99. The summed E-state index contributed by atoms with van der Waals surface area (Å²) >= 11 is 0. The fourth-order valence-electron chi connectivity index (χ4n) is 2.34. The number of benzene rings is 2. The number of amides is 1. The van der Waals surface area contributed by atoms with Crippen molar-refractivity contribution < 1.29 is 9.90 Å². The highest BCUT2D eigenvalue weighted by Crippen LogP contribution is 2.23. The number of hydrogen-bond donors (Lipinski definition) is 2. The van der Waals surface area contributed by atoms with E-state index in [2.05, 4.69) is 15.6 Å². The molecule has 1 amide bonds. The summed E-state index contributed by atoms with van der Waals surface area (Å²) in [5.74, 6) is -0.566. The number of aryl methyl sites for hydroxylation is 1. The molecule has 0 aliphatic rings. The third-order valence-electron chi connectivity index (χ3n) is 3.62. The summed E-state index contributed by atoms with van der Waals surface area (Å²) in [6, 6.07) is 17.8. The van der Waals surface area contributed by atoms with Crippen LogP contribution in [0, 0.1) is 6.92 Å². The maximum atomic E-state index is 11.1. The maximum absolute atomic E-state index is 11.1. The van der Waals surface area contributed by atoms with Gasteiger partial charge in [0.2, 0.25) is 0 Å². The average molecular weight is 334 g/mol. The molecule has 6 heteroatoms. The summed E-state index contributed by atoms with van der Waals surface area (Å²) in [6.45, 7) is 1.42. The van der Waals surface area contributed by atoms with Crippen LogP contribution in [0.15, 0.2) is 65.9 Å². The Morgan fingerprint density at radius 1 is 1.20 bits per heavy atom. The Labute approximate surface area is 145 Å². The SMILES string of the molecule is Cc1ccc(-c2nn(-c3ccccc3)cc2/C=N\NC(=O)CO)cc1. The molecule has 3 rings (SSSR count). The number of aliphatic hydroxyl groups excluding tert-OH is 1. The van der Waals surface area contributed by atoms with Crippen LogP contribution in [0.2, 0.25) is 0 Å². The smallest absolute Gasteiger partial charge is 0.265 e. The summed E-state index contributed by atoms with van der Waals surface area (Å²) in [6.07, 6.45) is 3.37. The van der Waals surface area contributed by atoms with Gasteiger partial charge in [-0.1, -0.05) is 48.0 Å². The molecule has 25 heavy (non-hydrogen) atoms. The number of carbonyl (C=O) groups is 1. The minimum absolute atomic E-state index is 0.566. The van der Waals surface area contributed by atoms with Gasteiger partial charge in [0.1, 0.15) is 12.3 Å². The first-order valence-corrected chi connectivity index (χ1v) is 7.82. The lowest BCUT2D eigenvalue weighted by Crippen LogP contribution is -2.20. The monoisotopic (exact) mass is 334 g/mol. The van der Waals surface area contributed by atoms with Crippen molar-refractivity contribution in [2.45, 2.75) is 6.92 Å². The molecule has 1 heterocycles. The van der Waals surface area contributed by atoms with E-state index in [1.165, 1.54) is 6.21 Å². The largest absolute Gasteiger partial charge is 0.386 e. The van der Waals surface area contributed by atoms with E-state index in [9.17, 15) is 4.79 Å². The van der Waals surface area contributed by atoms with Crippen LogP contribution in [0.1, 0.15) is 11.1 Å². The second-order valence-corrected chi connectivity index (χ2v) is 5.53. The van der Waals surface area contributed by atoms with Crippen LogP contribution >= 0.6 is 0 Å². The van der Waals surface area contributed by atoms with Crippen LogP contribution in [0.3, 0.4) is 0 Å². The predicted octanol–water partition coefficient (Wildman–Crippen LogP) is 2.29. The van der Waals surface area contributed by atoms with Crippen molar-refractivity contribution in [2.24, 2.45) is 5.10 Å². The van der Waals surface area contributed by atoms with Crippen LogP contribution in [-0.4, -0.2) is 33.6 Å². The van der Waals surface area contributed by atoms with E-state index in [1.807, 2.05) is 67.7 Å². The van der Waals surface area contributed by atoms with Gasteiger partial charge < -0.3 is 5.11 Å². The third-order valence-corrected chi connectivity index (χ3v) is 3.62. The number of rotatable bonds is 5. The minimum Gasteiger partial charge on any atom is -0.386 e. The van der Waals surface area contributed by atoms with Gasteiger partial charge in [0.25, 0.3) is 5.91 Å². The van der Waals surface area contributed by atoms with Crippen molar-refractivity contribution in [1.29, 1.82) is 0 Å². The zero-order valence-corrected chi connectivity index (χ0v) is 13.8. The second-order valence-electron chi connectivity index (χ2n) is 5.53. The van der Waals surface area contributed by atoms with E-state index in [1.54, 1.807) is 4.68 Å². The lowest BCUT2D eigenvalue weighted by Gasteiger charge is -2.01. The molecule has 0 fully saturated rings. The van der Waals surface area contributed by atoms with Crippen molar-refractivity contribution in [3.05, 3.63) is 71.9 Å². The van der Waals surface area contributed by atoms with Crippen molar-refractivity contribution in [1.82, 2.24) is 15.2 Å². The summed E-state index contributed by atoms with van der Waals surface area (Å²) in [7, 11) is 0. The molecule has 0 aliphatic heterocycles. The highest BCUT2D eigenvalue weighted by molar-refractivity contribution is 5.89. The normalized spacial score (nSPS) is 11.0. The van der Waals surface area contributed by atoms with Crippen LogP contribution < -0.4 is 5.43 Å². The summed E-state index contributed by atoms with van der Waals surface area (Å²) in [5.41, 5.74) is 6.82. The quantitative estimate of drug-likeness (QED) is 0.555. The molecule has 1 aromatic heterocycles. The second kappa shape index (κ2) is 7.55. The van der Waals surface area contributed by atoms with Gasteiger partial charge in [0, 0.05) is 17.3 Å². The highest BCUT2D eigenvalue weighted by Gasteiger charge is 2.11. The maximum Gasteiger partial charge on any atom is 0.265 e. The van der Waals surface area contributed by atoms with Crippen molar-refractivity contribution in [2.75, 3.05) is 6.61 Å². The van der Waals surface area contributed by atoms with E-state index in [0.29, 0.717) is 0 Å². The van der Waals surface area contributed by atoms with Crippen molar-refractivity contribution >= 4 is 12.1 Å². The molecule has 0 bridgehead atoms. The molecule has 6 nitrogen and oxygen atoms in total. The average Bonchev–Trinajstić information content (AvgIpc) is 3.07. The summed E-state index contributed by atoms with van der Waals surface area (Å²) in [4.78, 5) is 11.1. The Kier molecular flexibility index (Phi) is 5.01. The summed E-state index contributed by atoms with van der Waals surface area (Å²) in [5, 5.41) is 17.3. The van der Waals surface area contributed by atoms with Gasteiger partial charge in [0.15, 0.2) is 0 Å². The van der Waals surface area contributed by atoms with E-state index in [0.717, 1.165) is 28.1 Å². The van der Waals surface area contributed by atoms with Crippen LogP contribution in [0.25, 0.3) is 16.9 Å². The van der Waals surface area contributed by atoms with Gasteiger partial charge in [-0.2, -0.15) is 10.2 Å². The molecular weight excluding hydrogens is 316 g/mol. The Hall–Kier alpha value is -3.25. The number of hydrazone groups is 1. The Morgan fingerprint density at radius 2 is 1.92 bits per heavy atom. The van der Waals surface area contributed by atoms with Crippen LogP contribution in [0.4, 0.5) is 0 Å².